The lowest BCUT2D eigenvalue weighted by Gasteiger charge is -2.15. The van der Waals surface area contributed by atoms with Gasteiger partial charge in [-0.15, -0.1) is 0 Å². The summed E-state index contributed by atoms with van der Waals surface area (Å²) in [7, 11) is 0. The van der Waals surface area contributed by atoms with Crippen LogP contribution < -0.4 is 0 Å². The minimum Gasteiger partial charge on any atom is -0.481 e. The van der Waals surface area contributed by atoms with Crippen LogP contribution in [0.1, 0.15) is 25.3 Å². The number of carboxylic acid groups (broad SMARTS) is 1. The van der Waals surface area contributed by atoms with Gasteiger partial charge in [0.2, 0.25) is 0 Å². The Balaban J connectivity index is 2.48. The molecule has 0 saturated heterocycles. The number of nitrogens with zero attached hydrogens (tertiary/aromatic N) is 3. The Morgan fingerprint density at radius 2 is 2.25 bits per heavy atom. The van der Waals surface area contributed by atoms with Crippen molar-refractivity contribution in [1.29, 1.82) is 0 Å². The van der Waals surface area contributed by atoms with Crippen molar-refractivity contribution in [3.63, 3.8) is 0 Å². The van der Waals surface area contributed by atoms with Gasteiger partial charge in [-0.2, -0.15) is 5.10 Å². The average molecular weight is 219 g/mol. The van der Waals surface area contributed by atoms with E-state index in [1.165, 1.54) is 0 Å². The molecule has 0 spiro atoms. The van der Waals surface area contributed by atoms with Crippen molar-refractivity contribution in [2.45, 2.75) is 19.8 Å². The summed E-state index contributed by atoms with van der Waals surface area (Å²) in [6, 6.07) is 1.77. The Hall–Kier alpha value is -1.91. The van der Waals surface area contributed by atoms with E-state index in [-0.39, 0.29) is 5.92 Å². The van der Waals surface area contributed by atoms with Crippen molar-refractivity contribution in [2.24, 2.45) is 5.92 Å². The molecule has 0 amide bonds. The van der Waals surface area contributed by atoms with Crippen LogP contribution in [0.4, 0.5) is 0 Å². The van der Waals surface area contributed by atoms with Crippen LogP contribution in [0.3, 0.4) is 0 Å². The molecule has 84 valence electrons. The second kappa shape index (κ2) is 3.92. The van der Waals surface area contributed by atoms with E-state index in [9.17, 15) is 4.79 Å². The van der Waals surface area contributed by atoms with Crippen LogP contribution in [0.5, 0.6) is 0 Å². The molecule has 0 radical (unpaired) electrons. The van der Waals surface area contributed by atoms with Crippen molar-refractivity contribution in [1.82, 2.24) is 14.6 Å². The van der Waals surface area contributed by atoms with Crippen LogP contribution in [0.2, 0.25) is 0 Å². The monoisotopic (exact) mass is 219 g/mol. The predicted molar refractivity (Wildman–Crippen MR) is 58.2 cm³/mol. The number of carboxylic acids is 1. The molecule has 0 bridgehead atoms. The summed E-state index contributed by atoms with van der Waals surface area (Å²) < 4.78 is 1.59. The summed E-state index contributed by atoms with van der Waals surface area (Å²) in [5.74, 6) is -1.35. The van der Waals surface area contributed by atoms with Crippen molar-refractivity contribution in [3.05, 3.63) is 30.2 Å². The standard InChI is InChI=1S/C11H13N3O2/c1-7(2)10(11(15)16)8-5-12-9-3-4-13-14(9)6-8/h3-7,10H,1-2H3,(H,15,16). The van der Waals surface area contributed by atoms with Gasteiger partial charge in [0.25, 0.3) is 0 Å². The van der Waals surface area contributed by atoms with E-state index >= 15 is 0 Å². The fraction of sp³-hybridized carbons (Fsp3) is 0.364. The van der Waals surface area contributed by atoms with E-state index < -0.39 is 11.9 Å². The summed E-state index contributed by atoms with van der Waals surface area (Å²) >= 11 is 0. The van der Waals surface area contributed by atoms with Crippen molar-refractivity contribution < 1.29 is 9.90 Å². The van der Waals surface area contributed by atoms with Gasteiger partial charge in [0.1, 0.15) is 0 Å². The molecule has 0 aliphatic carbocycles. The second-order valence-electron chi connectivity index (χ2n) is 4.08. The summed E-state index contributed by atoms with van der Waals surface area (Å²) in [5, 5.41) is 13.2. The molecule has 0 aliphatic heterocycles. The van der Waals surface area contributed by atoms with Gasteiger partial charge in [0, 0.05) is 24.0 Å². The molecule has 0 saturated carbocycles. The predicted octanol–water partition coefficient (Wildman–Crippen LogP) is 1.55. The Morgan fingerprint density at radius 3 is 2.88 bits per heavy atom. The van der Waals surface area contributed by atoms with Crippen LogP contribution in [0.15, 0.2) is 24.7 Å². The highest BCUT2D eigenvalue weighted by atomic mass is 16.4. The zero-order chi connectivity index (χ0) is 11.7. The highest BCUT2D eigenvalue weighted by molar-refractivity contribution is 5.76. The van der Waals surface area contributed by atoms with Crippen LogP contribution >= 0.6 is 0 Å². The summed E-state index contributed by atoms with van der Waals surface area (Å²) in [6.45, 7) is 3.76. The molecule has 5 heteroatoms. The lowest BCUT2D eigenvalue weighted by atomic mass is 9.90. The molecule has 0 aromatic carbocycles. The number of hydrogen-bond donors (Lipinski definition) is 1. The summed E-state index contributed by atoms with van der Waals surface area (Å²) in [4.78, 5) is 15.3. The van der Waals surface area contributed by atoms with Crippen LogP contribution in [-0.4, -0.2) is 25.7 Å². The third-order valence-corrected chi connectivity index (χ3v) is 2.56. The van der Waals surface area contributed by atoms with Crippen LogP contribution in [0.25, 0.3) is 5.65 Å². The first-order valence-corrected chi connectivity index (χ1v) is 5.11. The molecule has 1 atom stereocenters. The van der Waals surface area contributed by atoms with Gasteiger partial charge in [0.15, 0.2) is 5.65 Å². The van der Waals surface area contributed by atoms with Crippen LogP contribution in [0, 0.1) is 5.92 Å². The Kier molecular flexibility index (Phi) is 2.60. The minimum absolute atomic E-state index is 0.0207. The van der Waals surface area contributed by atoms with E-state index in [0.29, 0.717) is 5.56 Å². The second-order valence-corrected chi connectivity index (χ2v) is 4.08. The normalized spacial score (nSPS) is 13.2. The van der Waals surface area contributed by atoms with Crippen molar-refractivity contribution in [2.75, 3.05) is 0 Å². The maximum absolute atomic E-state index is 11.2. The highest BCUT2D eigenvalue weighted by Crippen LogP contribution is 2.23. The molecular formula is C11H13N3O2. The van der Waals surface area contributed by atoms with Crippen LogP contribution in [-0.2, 0) is 4.79 Å². The van der Waals surface area contributed by atoms with Gasteiger partial charge in [-0.05, 0) is 5.92 Å². The SMILES string of the molecule is CC(C)C(C(=O)O)c1cnc2ccnn2c1. The summed E-state index contributed by atoms with van der Waals surface area (Å²) in [6.07, 6.45) is 4.97. The molecule has 0 fully saturated rings. The van der Waals surface area contributed by atoms with E-state index in [4.69, 9.17) is 5.11 Å². The molecule has 16 heavy (non-hydrogen) atoms. The van der Waals surface area contributed by atoms with E-state index in [1.807, 2.05) is 13.8 Å². The van der Waals surface area contributed by atoms with Gasteiger partial charge >= 0.3 is 5.97 Å². The summed E-state index contributed by atoms with van der Waals surface area (Å²) in [5.41, 5.74) is 1.40. The first-order valence-electron chi connectivity index (χ1n) is 5.11. The van der Waals surface area contributed by atoms with Gasteiger partial charge in [-0.3, -0.25) is 4.79 Å². The number of aromatic nitrogens is 3. The van der Waals surface area contributed by atoms with E-state index in [2.05, 4.69) is 10.1 Å². The fourth-order valence-corrected chi connectivity index (χ4v) is 1.80. The van der Waals surface area contributed by atoms with E-state index in [1.54, 1.807) is 29.2 Å². The Bertz CT molecular complexity index is 519. The Labute approximate surface area is 92.7 Å². The molecule has 2 aromatic rings. The smallest absolute Gasteiger partial charge is 0.311 e. The molecular weight excluding hydrogens is 206 g/mol. The first-order chi connectivity index (χ1) is 7.59. The molecule has 2 aromatic heterocycles. The zero-order valence-electron chi connectivity index (χ0n) is 9.16. The largest absolute Gasteiger partial charge is 0.481 e. The minimum atomic E-state index is -0.830. The molecule has 2 rings (SSSR count). The van der Waals surface area contributed by atoms with Crippen molar-refractivity contribution in [3.8, 4) is 0 Å². The average Bonchev–Trinajstić information content (AvgIpc) is 2.63. The first kappa shape index (κ1) is 10.6. The number of fused-ring (bicyclic) bond motifs is 1. The van der Waals surface area contributed by atoms with Crippen molar-refractivity contribution >= 4 is 11.6 Å². The maximum atomic E-state index is 11.2. The third-order valence-electron chi connectivity index (χ3n) is 2.56. The van der Waals surface area contributed by atoms with E-state index in [0.717, 1.165) is 5.65 Å². The number of carbonyl (C=O) groups is 1. The highest BCUT2D eigenvalue weighted by Gasteiger charge is 2.24. The van der Waals surface area contributed by atoms with Gasteiger partial charge in [-0.25, -0.2) is 9.50 Å². The Morgan fingerprint density at radius 1 is 1.50 bits per heavy atom. The fourth-order valence-electron chi connectivity index (χ4n) is 1.80. The molecule has 5 nitrogen and oxygen atoms in total. The lowest BCUT2D eigenvalue weighted by molar-refractivity contribution is -0.139. The number of hydrogen-bond acceptors (Lipinski definition) is 3. The third kappa shape index (κ3) is 1.76. The number of rotatable bonds is 3. The lowest BCUT2D eigenvalue weighted by Crippen LogP contribution is -2.18. The topological polar surface area (TPSA) is 67.5 Å². The number of aliphatic carboxylic acids is 1. The van der Waals surface area contributed by atoms with Gasteiger partial charge in [-0.1, -0.05) is 13.8 Å². The maximum Gasteiger partial charge on any atom is 0.311 e. The van der Waals surface area contributed by atoms with Gasteiger partial charge < -0.3 is 5.11 Å². The quantitative estimate of drug-likeness (QED) is 0.850. The molecule has 2 heterocycles. The molecule has 1 N–H and O–H groups in total. The zero-order valence-corrected chi connectivity index (χ0v) is 9.16. The van der Waals surface area contributed by atoms with Gasteiger partial charge in [0.05, 0.1) is 12.1 Å². The molecule has 1 unspecified atom stereocenters. The molecule has 0 aliphatic rings.